The number of rotatable bonds is 5. The van der Waals surface area contributed by atoms with Crippen LogP contribution in [0.3, 0.4) is 0 Å². The van der Waals surface area contributed by atoms with E-state index in [4.69, 9.17) is 0 Å². The third-order valence-corrected chi connectivity index (χ3v) is 6.11. The van der Waals surface area contributed by atoms with E-state index in [1.54, 1.807) is 0 Å². The minimum absolute atomic E-state index is 0. The Hall–Kier alpha value is -1.24. The summed E-state index contributed by atoms with van der Waals surface area (Å²) >= 11 is 1.41. The zero-order chi connectivity index (χ0) is 17.8. The van der Waals surface area contributed by atoms with Crippen LogP contribution in [0.4, 0.5) is 5.69 Å². The molecule has 3 rings (SSSR count). The SMILES string of the molecule is Cc1ccc(NC(=O)CSC(C)C(=O)N2CCC3CCC(C2)N3)cc1.Cl. The van der Waals surface area contributed by atoms with Crippen LogP contribution in [0.25, 0.3) is 0 Å². The van der Waals surface area contributed by atoms with Crippen LogP contribution < -0.4 is 10.6 Å². The van der Waals surface area contributed by atoms with Gasteiger partial charge in [0.15, 0.2) is 0 Å². The average molecular weight is 398 g/mol. The fraction of sp³-hybridized carbons (Fsp3) is 0.579. The van der Waals surface area contributed by atoms with Crippen LogP contribution in [0.15, 0.2) is 24.3 Å². The lowest BCUT2D eigenvalue weighted by molar-refractivity contribution is -0.130. The fourth-order valence-electron chi connectivity index (χ4n) is 3.51. The molecule has 5 nitrogen and oxygen atoms in total. The molecule has 3 atom stereocenters. The van der Waals surface area contributed by atoms with E-state index in [9.17, 15) is 9.59 Å². The van der Waals surface area contributed by atoms with Crippen molar-refractivity contribution in [1.82, 2.24) is 10.2 Å². The molecule has 2 aliphatic heterocycles. The van der Waals surface area contributed by atoms with Gasteiger partial charge >= 0.3 is 0 Å². The number of nitrogens with zero attached hydrogens (tertiary/aromatic N) is 1. The van der Waals surface area contributed by atoms with Crippen molar-refractivity contribution in [3.8, 4) is 0 Å². The molecule has 3 unspecified atom stereocenters. The highest BCUT2D eigenvalue weighted by Gasteiger charge is 2.32. The number of nitrogens with one attached hydrogen (secondary N) is 2. The summed E-state index contributed by atoms with van der Waals surface area (Å²) in [5, 5.41) is 6.28. The number of likely N-dealkylation sites (tertiary alicyclic amines) is 1. The summed E-state index contributed by atoms with van der Waals surface area (Å²) in [6.07, 6.45) is 3.43. The van der Waals surface area contributed by atoms with Crippen LogP contribution >= 0.6 is 24.2 Å². The molecule has 26 heavy (non-hydrogen) atoms. The molecule has 2 saturated heterocycles. The van der Waals surface area contributed by atoms with Gasteiger partial charge in [0.2, 0.25) is 11.8 Å². The zero-order valence-corrected chi connectivity index (χ0v) is 17.0. The van der Waals surface area contributed by atoms with Crippen molar-refractivity contribution in [3.05, 3.63) is 29.8 Å². The van der Waals surface area contributed by atoms with Crippen LogP contribution in [-0.2, 0) is 9.59 Å². The van der Waals surface area contributed by atoms with E-state index in [-0.39, 0.29) is 29.5 Å². The molecule has 2 bridgehead atoms. The first kappa shape index (κ1) is 21.1. The molecule has 0 spiro atoms. The molecule has 0 radical (unpaired) electrons. The number of hydrogen-bond acceptors (Lipinski definition) is 4. The lowest BCUT2D eigenvalue weighted by atomic mass is 10.1. The number of anilines is 1. The van der Waals surface area contributed by atoms with Gasteiger partial charge < -0.3 is 15.5 Å². The lowest BCUT2D eigenvalue weighted by Crippen LogP contribution is -2.42. The Balaban J connectivity index is 0.00000243. The molecular weight excluding hydrogens is 370 g/mol. The number of carbonyl (C=O) groups excluding carboxylic acids is 2. The standard InChI is InChI=1S/C19H27N3O2S.ClH/c1-13-3-5-15(6-4-13)21-18(23)12-25-14(2)19(24)22-10-9-16-7-8-17(11-22)20-16;/h3-6,14,16-17,20H,7-12H2,1-2H3,(H,21,23);1H. The number of amides is 2. The molecule has 0 aromatic heterocycles. The number of hydrogen-bond donors (Lipinski definition) is 2. The molecule has 0 saturated carbocycles. The van der Waals surface area contributed by atoms with Crippen molar-refractivity contribution in [2.24, 2.45) is 0 Å². The molecule has 7 heteroatoms. The maximum atomic E-state index is 12.7. The highest BCUT2D eigenvalue weighted by atomic mass is 35.5. The summed E-state index contributed by atoms with van der Waals surface area (Å²) < 4.78 is 0. The van der Waals surface area contributed by atoms with Crippen molar-refractivity contribution in [3.63, 3.8) is 0 Å². The van der Waals surface area contributed by atoms with E-state index in [0.29, 0.717) is 17.8 Å². The Morgan fingerprint density at radius 3 is 2.65 bits per heavy atom. The summed E-state index contributed by atoms with van der Waals surface area (Å²) in [5.74, 6) is 0.381. The first-order chi connectivity index (χ1) is 12.0. The van der Waals surface area contributed by atoms with Crippen LogP contribution in [0.5, 0.6) is 0 Å². The van der Waals surface area contributed by atoms with E-state index in [2.05, 4.69) is 10.6 Å². The Bertz CT molecular complexity index is 626. The fourth-order valence-corrected chi connectivity index (χ4v) is 4.27. The highest BCUT2D eigenvalue weighted by Crippen LogP contribution is 2.23. The van der Waals surface area contributed by atoms with Gasteiger partial charge in [-0.05, 0) is 45.2 Å². The van der Waals surface area contributed by atoms with Gasteiger partial charge in [-0.3, -0.25) is 9.59 Å². The summed E-state index contributed by atoms with van der Waals surface area (Å²) in [7, 11) is 0. The Morgan fingerprint density at radius 1 is 1.23 bits per heavy atom. The highest BCUT2D eigenvalue weighted by molar-refractivity contribution is 8.01. The van der Waals surface area contributed by atoms with Gasteiger partial charge in [-0.25, -0.2) is 0 Å². The van der Waals surface area contributed by atoms with Gasteiger partial charge in [0.1, 0.15) is 0 Å². The van der Waals surface area contributed by atoms with Gasteiger partial charge in [-0.1, -0.05) is 17.7 Å². The molecule has 2 heterocycles. The van der Waals surface area contributed by atoms with E-state index in [1.165, 1.54) is 18.2 Å². The maximum absolute atomic E-state index is 12.7. The summed E-state index contributed by atoms with van der Waals surface area (Å²) in [6.45, 7) is 5.55. The number of fused-ring (bicyclic) bond motifs is 2. The van der Waals surface area contributed by atoms with E-state index in [0.717, 1.165) is 37.2 Å². The molecule has 1 aromatic rings. The maximum Gasteiger partial charge on any atom is 0.235 e. The number of benzene rings is 1. The van der Waals surface area contributed by atoms with Crippen LogP contribution in [0, 0.1) is 6.92 Å². The van der Waals surface area contributed by atoms with Gasteiger partial charge in [0.05, 0.1) is 11.0 Å². The van der Waals surface area contributed by atoms with Crippen LogP contribution in [0.2, 0.25) is 0 Å². The summed E-state index contributed by atoms with van der Waals surface area (Å²) in [6, 6.07) is 8.74. The Kier molecular flexibility index (Phi) is 7.80. The zero-order valence-electron chi connectivity index (χ0n) is 15.4. The molecule has 2 amide bonds. The van der Waals surface area contributed by atoms with Crippen molar-refractivity contribution >= 4 is 41.7 Å². The number of carbonyl (C=O) groups is 2. The predicted octanol–water partition coefficient (Wildman–Crippen LogP) is 2.83. The molecule has 2 aliphatic rings. The predicted molar refractivity (Wildman–Crippen MR) is 110 cm³/mol. The molecular formula is C19H28ClN3O2S. The molecule has 2 N–H and O–H groups in total. The minimum atomic E-state index is -0.194. The molecule has 1 aromatic carbocycles. The summed E-state index contributed by atoms with van der Waals surface area (Å²) in [4.78, 5) is 26.8. The number of halogens is 1. The van der Waals surface area contributed by atoms with Crippen molar-refractivity contribution in [2.75, 3.05) is 24.2 Å². The second-order valence-electron chi connectivity index (χ2n) is 7.08. The van der Waals surface area contributed by atoms with Gasteiger partial charge in [-0.15, -0.1) is 24.2 Å². The Morgan fingerprint density at radius 2 is 1.92 bits per heavy atom. The lowest BCUT2D eigenvalue weighted by Gasteiger charge is -2.27. The quantitative estimate of drug-likeness (QED) is 0.802. The molecule has 0 aliphatic carbocycles. The third kappa shape index (κ3) is 5.63. The van der Waals surface area contributed by atoms with Crippen molar-refractivity contribution in [1.29, 1.82) is 0 Å². The monoisotopic (exact) mass is 397 g/mol. The van der Waals surface area contributed by atoms with Crippen LogP contribution in [-0.4, -0.2) is 52.9 Å². The number of aryl methyl sites for hydroxylation is 1. The minimum Gasteiger partial charge on any atom is -0.340 e. The average Bonchev–Trinajstić information content (AvgIpc) is 2.93. The Labute approximate surface area is 166 Å². The van der Waals surface area contributed by atoms with E-state index in [1.807, 2.05) is 43.0 Å². The number of thioether (sulfide) groups is 1. The molecule has 2 fully saturated rings. The largest absolute Gasteiger partial charge is 0.340 e. The van der Waals surface area contributed by atoms with Crippen molar-refractivity contribution < 1.29 is 9.59 Å². The first-order valence-corrected chi connectivity index (χ1v) is 10.1. The summed E-state index contributed by atoms with van der Waals surface area (Å²) in [5.41, 5.74) is 1.96. The normalized spacial score (nSPS) is 22.9. The van der Waals surface area contributed by atoms with Crippen molar-refractivity contribution in [2.45, 2.75) is 50.4 Å². The van der Waals surface area contributed by atoms with Gasteiger partial charge in [0.25, 0.3) is 0 Å². The van der Waals surface area contributed by atoms with Crippen LogP contribution in [0.1, 0.15) is 31.7 Å². The first-order valence-electron chi connectivity index (χ1n) is 9.04. The second-order valence-corrected chi connectivity index (χ2v) is 8.41. The molecule has 144 valence electrons. The van der Waals surface area contributed by atoms with E-state index < -0.39 is 0 Å². The van der Waals surface area contributed by atoms with Gasteiger partial charge in [-0.2, -0.15) is 0 Å². The topological polar surface area (TPSA) is 61.4 Å². The van der Waals surface area contributed by atoms with Gasteiger partial charge in [0, 0.05) is 30.9 Å². The second kappa shape index (κ2) is 9.62. The third-order valence-electron chi connectivity index (χ3n) is 4.98. The van der Waals surface area contributed by atoms with E-state index >= 15 is 0 Å². The smallest absolute Gasteiger partial charge is 0.235 e.